The number of fused-ring (bicyclic) bond motifs is 1. The first kappa shape index (κ1) is 21.1. The second kappa shape index (κ2) is 8.03. The van der Waals surface area contributed by atoms with Crippen molar-refractivity contribution in [2.45, 2.75) is 39.4 Å². The molecule has 3 rings (SSSR count). The van der Waals surface area contributed by atoms with E-state index in [4.69, 9.17) is 10.5 Å². The molecule has 1 heterocycles. The Morgan fingerprint density at radius 1 is 1.03 bits per heavy atom. The topological polar surface area (TPSA) is 48.1 Å². The van der Waals surface area contributed by atoms with E-state index in [0.717, 1.165) is 17.0 Å². The third-order valence-corrected chi connectivity index (χ3v) is 4.57. The molecule has 0 bridgehead atoms. The van der Waals surface area contributed by atoms with Crippen LogP contribution in [0.15, 0.2) is 54.7 Å². The van der Waals surface area contributed by atoms with Gasteiger partial charge in [0.15, 0.2) is 0 Å². The fraction of sp³-hybridized carbons (Fsp3) is 0.348. The maximum atomic E-state index is 13.7. The summed E-state index contributed by atoms with van der Waals surface area (Å²) in [4.78, 5) is 4.27. The van der Waals surface area contributed by atoms with Crippen molar-refractivity contribution >= 4 is 10.9 Å². The highest BCUT2D eigenvalue weighted by Gasteiger charge is 2.35. The van der Waals surface area contributed by atoms with Crippen molar-refractivity contribution in [3.8, 4) is 16.9 Å². The molecule has 3 aromatic rings. The third kappa shape index (κ3) is 5.26. The van der Waals surface area contributed by atoms with Crippen molar-refractivity contribution < 1.29 is 17.9 Å². The highest BCUT2D eigenvalue weighted by molar-refractivity contribution is 5.94. The zero-order valence-corrected chi connectivity index (χ0v) is 16.8. The van der Waals surface area contributed by atoms with Crippen LogP contribution in [0, 0.1) is 5.41 Å². The molecule has 6 heteroatoms. The maximum absolute atomic E-state index is 13.7. The summed E-state index contributed by atoms with van der Waals surface area (Å²) >= 11 is 0. The molecule has 29 heavy (non-hydrogen) atoms. The van der Waals surface area contributed by atoms with Gasteiger partial charge in [0.2, 0.25) is 0 Å². The van der Waals surface area contributed by atoms with E-state index in [2.05, 4.69) is 4.98 Å². The van der Waals surface area contributed by atoms with Gasteiger partial charge in [-0.3, -0.25) is 4.98 Å². The summed E-state index contributed by atoms with van der Waals surface area (Å²) in [7, 11) is 0. The van der Waals surface area contributed by atoms with E-state index in [1.165, 1.54) is 6.07 Å². The Morgan fingerprint density at radius 2 is 1.76 bits per heavy atom. The van der Waals surface area contributed by atoms with Crippen LogP contribution in [-0.4, -0.2) is 17.6 Å². The van der Waals surface area contributed by atoms with E-state index in [0.29, 0.717) is 17.5 Å². The second-order valence-corrected chi connectivity index (χ2v) is 8.42. The minimum absolute atomic E-state index is 0.0257. The number of hydrogen-bond acceptors (Lipinski definition) is 3. The van der Waals surface area contributed by atoms with E-state index in [9.17, 15) is 13.2 Å². The zero-order chi connectivity index (χ0) is 21.2. The summed E-state index contributed by atoms with van der Waals surface area (Å²) in [5.41, 5.74) is 7.09. The normalized spacial score (nSPS) is 13.5. The maximum Gasteiger partial charge on any atom is 0.419 e. The molecule has 1 unspecified atom stereocenters. The van der Waals surface area contributed by atoms with Crippen molar-refractivity contribution in [3.05, 3.63) is 60.3 Å². The Labute approximate surface area is 168 Å². The predicted molar refractivity (Wildman–Crippen MR) is 110 cm³/mol. The highest BCUT2D eigenvalue weighted by atomic mass is 19.4. The molecule has 0 aliphatic heterocycles. The van der Waals surface area contributed by atoms with Crippen LogP contribution in [0.3, 0.4) is 0 Å². The first-order valence-electron chi connectivity index (χ1n) is 9.48. The number of hydrogen-bond donors (Lipinski definition) is 1. The molecule has 2 aromatic carbocycles. The standard InChI is InChI=1S/C23H25F3N2O/c1-22(2,3)13-16(27)14-29-21-9-8-15(12-19(21)23(24,25)26)17-10-11-28-20-7-5-4-6-18(17)20/h4-12,16H,13-14,27H2,1-3H3. The van der Waals surface area contributed by atoms with Gasteiger partial charge >= 0.3 is 6.18 Å². The average Bonchev–Trinajstić information content (AvgIpc) is 2.64. The molecule has 0 fully saturated rings. The lowest BCUT2D eigenvalue weighted by atomic mass is 9.89. The molecule has 1 atom stereocenters. The van der Waals surface area contributed by atoms with Gasteiger partial charge in [0.25, 0.3) is 0 Å². The number of para-hydroxylation sites is 1. The second-order valence-electron chi connectivity index (χ2n) is 8.42. The van der Waals surface area contributed by atoms with Gasteiger partial charge in [-0.2, -0.15) is 13.2 Å². The van der Waals surface area contributed by atoms with Gasteiger partial charge in [-0.05, 0) is 47.2 Å². The largest absolute Gasteiger partial charge is 0.491 e. The first-order valence-corrected chi connectivity index (χ1v) is 9.48. The van der Waals surface area contributed by atoms with E-state index in [1.807, 2.05) is 45.0 Å². The summed E-state index contributed by atoms with van der Waals surface area (Å²) < 4.78 is 46.7. The van der Waals surface area contributed by atoms with E-state index >= 15 is 0 Å². The fourth-order valence-electron chi connectivity index (χ4n) is 3.43. The van der Waals surface area contributed by atoms with Crippen LogP contribution in [0.1, 0.15) is 32.8 Å². The molecule has 0 spiro atoms. The average molecular weight is 402 g/mol. The highest BCUT2D eigenvalue weighted by Crippen LogP contribution is 2.40. The molecule has 1 aromatic heterocycles. The molecule has 0 saturated heterocycles. The van der Waals surface area contributed by atoms with Crippen LogP contribution in [0.5, 0.6) is 5.75 Å². The minimum Gasteiger partial charge on any atom is -0.491 e. The molecule has 154 valence electrons. The molecule has 0 saturated carbocycles. The number of ether oxygens (including phenoxy) is 1. The number of nitrogens with zero attached hydrogens (tertiary/aromatic N) is 1. The number of halogens is 3. The van der Waals surface area contributed by atoms with E-state index in [1.54, 1.807) is 18.3 Å². The third-order valence-electron chi connectivity index (χ3n) is 4.57. The summed E-state index contributed by atoms with van der Waals surface area (Å²) in [5.74, 6) is -0.205. The molecule has 0 radical (unpaired) electrons. The fourth-order valence-corrected chi connectivity index (χ4v) is 3.43. The van der Waals surface area contributed by atoms with Crippen LogP contribution >= 0.6 is 0 Å². The summed E-state index contributed by atoms with van der Waals surface area (Å²) in [6, 6.07) is 12.9. The van der Waals surface area contributed by atoms with Crippen LogP contribution in [-0.2, 0) is 6.18 Å². The van der Waals surface area contributed by atoms with Crippen LogP contribution in [0.4, 0.5) is 13.2 Å². The summed E-state index contributed by atoms with van der Waals surface area (Å²) in [5, 5.41) is 0.795. The lowest BCUT2D eigenvalue weighted by molar-refractivity contribution is -0.139. The van der Waals surface area contributed by atoms with Crippen molar-refractivity contribution in [2.75, 3.05) is 6.61 Å². The van der Waals surface area contributed by atoms with Gasteiger partial charge in [0, 0.05) is 17.6 Å². The summed E-state index contributed by atoms with van der Waals surface area (Å²) in [6.07, 6.45) is -2.29. The smallest absolute Gasteiger partial charge is 0.419 e. The van der Waals surface area contributed by atoms with E-state index < -0.39 is 11.7 Å². The van der Waals surface area contributed by atoms with Gasteiger partial charge in [-0.25, -0.2) is 0 Å². The molecule has 0 aliphatic carbocycles. The van der Waals surface area contributed by atoms with Crippen molar-refractivity contribution in [3.63, 3.8) is 0 Å². The van der Waals surface area contributed by atoms with Crippen LogP contribution < -0.4 is 10.5 Å². The van der Waals surface area contributed by atoms with Crippen molar-refractivity contribution in [1.82, 2.24) is 4.98 Å². The Balaban J connectivity index is 1.95. The van der Waals surface area contributed by atoms with Gasteiger partial charge in [0.05, 0.1) is 11.1 Å². The Morgan fingerprint density at radius 3 is 2.45 bits per heavy atom. The predicted octanol–water partition coefficient (Wildman–Crippen LogP) is 6.06. The minimum atomic E-state index is -4.54. The lowest BCUT2D eigenvalue weighted by Crippen LogP contribution is -2.32. The van der Waals surface area contributed by atoms with Gasteiger partial charge in [-0.1, -0.05) is 45.0 Å². The molecular formula is C23H25F3N2O. The number of pyridine rings is 1. The van der Waals surface area contributed by atoms with Crippen LogP contribution in [0.25, 0.3) is 22.0 Å². The molecule has 0 aliphatic rings. The van der Waals surface area contributed by atoms with Gasteiger partial charge < -0.3 is 10.5 Å². The Hall–Kier alpha value is -2.60. The molecule has 3 nitrogen and oxygen atoms in total. The Kier molecular flexibility index (Phi) is 5.85. The molecule has 2 N–H and O–H groups in total. The SMILES string of the molecule is CC(C)(C)CC(N)COc1ccc(-c2ccnc3ccccc23)cc1C(F)(F)F. The lowest BCUT2D eigenvalue weighted by Gasteiger charge is -2.24. The van der Waals surface area contributed by atoms with Gasteiger partial charge in [0.1, 0.15) is 12.4 Å². The number of nitrogens with two attached hydrogens (primary N) is 1. The molecular weight excluding hydrogens is 377 g/mol. The summed E-state index contributed by atoms with van der Waals surface area (Å²) in [6.45, 7) is 6.11. The Bertz CT molecular complexity index is 988. The number of benzene rings is 2. The number of aromatic nitrogens is 1. The molecule has 0 amide bonds. The number of rotatable bonds is 5. The quantitative estimate of drug-likeness (QED) is 0.564. The van der Waals surface area contributed by atoms with Crippen molar-refractivity contribution in [1.29, 1.82) is 0 Å². The van der Waals surface area contributed by atoms with Gasteiger partial charge in [-0.15, -0.1) is 0 Å². The monoisotopic (exact) mass is 402 g/mol. The van der Waals surface area contributed by atoms with E-state index in [-0.39, 0.29) is 23.8 Å². The van der Waals surface area contributed by atoms with Crippen molar-refractivity contribution in [2.24, 2.45) is 11.1 Å². The zero-order valence-electron chi connectivity index (χ0n) is 16.8. The number of alkyl halides is 3. The van der Waals surface area contributed by atoms with Crippen LogP contribution in [0.2, 0.25) is 0 Å². The first-order chi connectivity index (χ1) is 13.5.